The van der Waals surface area contributed by atoms with Crippen molar-refractivity contribution in [1.82, 2.24) is 9.96 Å². The van der Waals surface area contributed by atoms with E-state index in [1.807, 2.05) is 60.5 Å². The number of amides is 2. The third-order valence-electron chi connectivity index (χ3n) is 5.40. The van der Waals surface area contributed by atoms with Gasteiger partial charge in [0.05, 0.1) is 18.1 Å². The van der Waals surface area contributed by atoms with Gasteiger partial charge in [-0.15, -0.1) is 0 Å². The third kappa shape index (κ3) is 3.53. The second-order valence-corrected chi connectivity index (χ2v) is 7.24. The van der Waals surface area contributed by atoms with E-state index in [9.17, 15) is 9.59 Å². The van der Waals surface area contributed by atoms with E-state index in [1.165, 1.54) is 4.90 Å². The van der Waals surface area contributed by atoms with E-state index in [4.69, 9.17) is 4.84 Å². The molecule has 0 bridgehead atoms. The van der Waals surface area contributed by atoms with E-state index in [-0.39, 0.29) is 24.0 Å². The minimum Gasteiger partial charge on any atom is -0.294 e. The highest BCUT2D eigenvalue weighted by Gasteiger charge is 2.48. The smallest absolute Gasteiger partial charge is 0.237 e. The quantitative estimate of drug-likeness (QED) is 0.781. The Labute approximate surface area is 159 Å². The number of rotatable bonds is 4. The van der Waals surface area contributed by atoms with Gasteiger partial charge in [0.2, 0.25) is 11.8 Å². The van der Waals surface area contributed by atoms with Gasteiger partial charge < -0.3 is 0 Å². The lowest BCUT2D eigenvalue weighted by atomic mass is 9.88. The largest absolute Gasteiger partial charge is 0.294 e. The molecule has 0 saturated carbocycles. The van der Waals surface area contributed by atoms with E-state index in [0.29, 0.717) is 19.5 Å². The van der Waals surface area contributed by atoms with Crippen molar-refractivity contribution in [3.8, 4) is 0 Å². The van der Waals surface area contributed by atoms with Gasteiger partial charge in [-0.3, -0.25) is 19.3 Å². The summed E-state index contributed by atoms with van der Waals surface area (Å²) >= 11 is 0. The Morgan fingerprint density at radius 3 is 2.37 bits per heavy atom. The maximum absolute atomic E-state index is 13.2. The van der Waals surface area contributed by atoms with Crippen LogP contribution in [0.3, 0.4) is 0 Å². The first-order valence-corrected chi connectivity index (χ1v) is 9.51. The first-order valence-electron chi connectivity index (χ1n) is 9.51. The minimum atomic E-state index is -0.404. The number of imide groups is 1. The molecule has 27 heavy (non-hydrogen) atoms. The summed E-state index contributed by atoms with van der Waals surface area (Å²) in [7, 11) is 0. The van der Waals surface area contributed by atoms with Crippen LogP contribution in [-0.4, -0.2) is 34.4 Å². The highest BCUT2D eigenvalue weighted by molar-refractivity contribution is 5.98. The van der Waals surface area contributed by atoms with Crippen LogP contribution >= 0.6 is 0 Å². The van der Waals surface area contributed by atoms with Crippen LogP contribution in [0.2, 0.25) is 0 Å². The van der Waals surface area contributed by atoms with E-state index in [0.717, 1.165) is 17.5 Å². The van der Waals surface area contributed by atoms with E-state index in [1.54, 1.807) is 0 Å². The summed E-state index contributed by atoms with van der Waals surface area (Å²) in [6, 6.07) is 19.8. The van der Waals surface area contributed by atoms with Crippen LogP contribution in [0.1, 0.15) is 36.9 Å². The molecule has 4 rings (SSSR count). The highest BCUT2D eigenvalue weighted by atomic mass is 16.7. The minimum absolute atomic E-state index is 0.0690. The van der Waals surface area contributed by atoms with Gasteiger partial charge >= 0.3 is 0 Å². The number of carbonyl (C=O) groups excluding carboxylic acids is 2. The molecule has 2 heterocycles. The van der Waals surface area contributed by atoms with Crippen LogP contribution in [0.25, 0.3) is 0 Å². The zero-order chi connectivity index (χ0) is 18.8. The van der Waals surface area contributed by atoms with Gasteiger partial charge in [0.1, 0.15) is 0 Å². The Bertz CT molecular complexity index is 809. The van der Waals surface area contributed by atoms with E-state index >= 15 is 0 Å². The molecule has 5 heteroatoms. The molecule has 2 aliphatic rings. The predicted molar refractivity (Wildman–Crippen MR) is 101 cm³/mol. The first kappa shape index (κ1) is 17.9. The predicted octanol–water partition coefficient (Wildman–Crippen LogP) is 3.33. The van der Waals surface area contributed by atoms with Gasteiger partial charge in [-0.25, -0.2) is 0 Å². The van der Waals surface area contributed by atoms with Crippen molar-refractivity contribution in [1.29, 1.82) is 0 Å². The van der Waals surface area contributed by atoms with Crippen molar-refractivity contribution >= 4 is 11.8 Å². The van der Waals surface area contributed by atoms with Gasteiger partial charge in [0.15, 0.2) is 0 Å². The number of nitrogens with zero attached hydrogens (tertiary/aromatic N) is 2. The molecule has 2 aromatic rings. The fraction of sp³-hybridized carbons (Fsp3) is 0.364. The molecule has 0 spiro atoms. The molecule has 5 nitrogen and oxygen atoms in total. The Morgan fingerprint density at radius 2 is 1.74 bits per heavy atom. The molecule has 3 atom stereocenters. The lowest BCUT2D eigenvalue weighted by Gasteiger charge is -2.27. The molecule has 0 aromatic heterocycles. The van der Waals surface area contributed by atoms with Crippen LogP contribution in [0, 0.1) is 5.92 Å². The average Bonchev–Trinajstić information content (AvgIpc) is 3.25. The number of hydroxylamine groups is 2. The molecule has 2 saturated heterocycles. The second kappa shape index (κ2) is 7.62. The molecular formula is C22H24N2O3. The molecule has 2 fully saturated rings. The van der Waals surface area contributed by atoms with Gasteiger partial charge in [-0.2, -0.15) is 5.06 Å². The van der Waals surface area contributed by atoms with Gasteiger partial charge in [-0.05, 0) is 24.5 Å². The molecule has 0 aliphatic carbocycles. The standard InChI is InChI=1S/C22H24N2O3/c1-16-20(22(26)23-14-8-13-19(23)25)21(18-11-6-3-7-12-18)24(27-16)15-17-9-4-2-5-10-17/h2-7,9-12,16,20-21H,8,13-15H2,1H3/t16-,20-,21+/m1/s1. The second-order valence-electron chi connectivity index (χ2n) is 7.24. The van der Waals surface area contributed by atoms with Crippen molar-refractivity contribution in [2.45, 2.75) is 38.5 Å². The first-order chi connectivity index (χ1) is 13.1. The Kier molecular flexibility index (Phi) is 5.05. The van der Waals surface area contributed by atoms with Crippen LogP contribution in [0.5, 0.6) is 0 Å². The summed E-state index contributed by atoms with van der Waals surface area (Å²) in [5.74, 6) is -0.590. The molecule has 2 aromatic carbocycles. The molecule has 0 unspecified atom stereocenters. The summed E-state index contributed by atoms with van der Waals surface area (Å²) < 4.78 is 0. The van der Waals surface area contributed by atoms with Crippen molar-refractivity contribution in [3.05, 3.63) is 71.8 Å². The summed E-state index contributed by atoms with van der Waals surface area (Å²) in [6.07, 6.45) is 0.910. The Balaban J connectivity index is 1.66. The number of benzene rings is 2. The number of hydrogen-bond donors (Lipinski definition) is 0. The maximum Gasteiger partial charge on any atom is 0.237 e. The lowest BCUT2D eigenvalue weighted by Crippen LogP contribution is -2.41. The SMILES string of the molecule is C[C@H]1ON(Cc2ccccc2)[C@@H](c2ccccc2)[C@@H]1C(=O)N1CCCC1=O. The van der Waals surface area contributed by atoms with Crippen molar-refractivity contribution < 1.29 is 14.4 Å². The zero-order valence-electron chi connectivity index (χ0n) is 15.5. The summed E-state index contributed by atoms with van der Waals surface area (Å²) in [5.41, 5.74) is 2.15. The summed E-state index contributed by atoms with van der Waals surface area (Å²) in [4.78, 5) is 33.0. The van der Waals surface area contributed by atoms with E-state index < -0.39 is 5.92 Å². The van der Waals surface area contributed by atoms with Crippen molar-refractivity contribution in [2.75, 3.05) is 6.54 Å². The van der Waals surface area contributed by atoms with Crippen LogP contribution in [-0.2, 0) is 21.0 Å². The average molecular weight is 364 g/mol. The molecule has 2 aliphatic heterocycles. The van der Waals surface area contributed by atoms with E-state index in [2.05, 4.69) is 12.1 Å². The number of hydrogen-bond acceptors (Lipinski definition) is 4. The summed E-state index contributed by atoms with van der Waals surface area (Å²) in [6.45, 7) is 3.02. The molecule has 0 N–H and O–H groups in total. The normalized spacial score (nSPS) is 25.9. The fourth-order valence-electron chi connectivity index (χ4n) is 4.10. The monoisotopic (exact) mass is 364 g/mol. The molecule has 0 radical (unpaired) electrons. The third-order valence-corrected chi connectivity index (χ3v) is 5.40. The molecule has 2 amide bonds. The number of likely N-dealkylation sites (tertiary alicyclic amines) is 1. The fourth-order valence-corrected chi connectivity index (χ4v) is 4.10. The van der Waals surface area contributed by atoms with Crippen molar-refractivity contribution in [2.24, 2.45) is 5.92 Å². The Hall–Kier alpha value is -2.50. The van der Waals surface area contributed by atoms with Crippen LogP contribution in [0.15, 0.2) is 60.7 Å². The lowest BCUT2D eigenvalue weighted by molar-refractivity contribution is -0.166. The van der Waals surface area contributed by atoms with Crippen LogP contribution in [0.4, 0.5) is 0 Å². The van der Waals surface area contributed by atoms with Gasteiger partial charge in [0.25, 0.3) is 0 Å². The molecule has 140 valence electrons. The Morgan fingerprint density at radius 1 is 1.07 bits per heavy atom. The zero-order valence-corrected chi connectivity index (χ0v) is 15.5. The number of carbonyl (C=O) groups is 2. The van der Waals surface area contributed by atoms with Gasteiger partial charge in [-0.1, -0.05) is 60.7 Å². The van der Waals surface area contributed by atoms with Crippen molar-refractivity contribution in [3.63, 3.8) is 0 Å². The van der Waals surface area contributed by atoms with Gasteiger partial charge in [0, 0.05) is 19.5 Å². The van der Waals surface area contributed by atoms with Crippen LogP contribution < -0.4 is 0 Å². The highest BCUT2D eigenvalue weighted by Crippen LogP contribution is 2.41. The summed E-state index contributed by atoms with van der Waals surface area (Å²) in [5, 5.41) is 1.90. The maximum atomic E-state index is 13.2. The molecular weight excluding hydrogens is 340 g/mol. The topological polar surface area (TPSA) is 49.9 Å².